The van der Waals surface area contributed by atoms with Gasteiger partial charge in [-0.2, -0.15) is 5.10 Å². The third-order valence-electron chi connectivity index (χ3n) is 4.37. The zero-order valence-corrected chi connectivity index (χ0v) is 16.6. The third kappa shape index (κ3) is 4.38. The average molecular weight is 405 g/mol. The van der Waals surface area contributed by atoms with Crippen LogP contribution in [0.5, 0.6) is 0 Å². The lowest BCUT2D eigenvalue weighted by Crippen LogP contribution is -2.24. The molecule has 0 saturated heterocycles. The van der Waals surface area contributed by atoms with Crippen molar-refractivity contribution in [2.45, 2.75) is 18.6 Å². The molecule has 0 fully saturated rings. The maximum Gasteiger partial charge on any atom is 0.262 e. The number of carbonyl (C=O) groups is 1. The van der Waals surface area contributed by atoms with E-state index in [1.165, 1.54) is 23.5 Å². The largest absolute Gasteiger partial charge is 0.351 e. The van der Waals surface area contributed by atoms with Crippen LogP contribution in [0.25, 0.3) is 16.7 Å². The smallest absolute Gasteiger partial charge is 0.262 e. The fourth-order valence-corrected chi connectivity index (χ4v) is 3.50. The second kappa shape index (κ2) is 8.32. The van der Waals surface area contributed by atoms with Crippen LogP contribution in [-0.2, 0) is 11.3 Å². The molecule has 0 saturated carbocycles. The third-order valence-corrected chi connectivity index (χ3v) is 5.24. The molecule has 0 atom stereocenters. The van der Waals surface area contributed by atoms with Gasteiger partial charge in [-0.3, -0.25) is 9.59 Å². The molecule has 2 aromatic heterocycles. The van der Waals surface area contributed by atoms with Crippen molar-refractivity contribution >= 4 is 28.7 Å². The van der Waals surface area contributed by atoms with E-state index in [9.17, 15) is 9.59 Å². The van der Waals surface area contributed by atoms with Crippen LogP contribution in [-0.4, -0.2) is 31.4 Å². The van der Waals surface area contributed by atoms with Crippen LogP contribution in [0, 0.1) is 6.92 Å². The highest BCUT2D eigenvalue weighted by atomic mass is 32.2. The number of aryl methyl sites for hydroxylation is 1. The molecular formula is C21H19N5O2S. The van der Waals surface area contributed by atoms with Crippen molar-refractivity contribution in [1.82, 2.24) is 25.1 Å². The Balaban J connectivity index is 1.46. The molecule has 0 unspecified atom stereocenters. The van der Waals surface area contributed by atoms with Gasteiger partial charge >= 0.3 is 0 Å². The Kier molecular flexibility index (Phi) is 5.44. The number of aromatic nitrogens is 4. The molecule has 4 aromatic rings. The van der Waals surface area contributed by atoms with Gasteiger partial charge in [0.2, 0.25) is 5.91 Å². The average Bonchev–Trinajstić information content (AvgIpc) is 3.17. The highest BCUT2D eigenvalue weighted by Gasteiger charge is 2.12. The molecule has 0 radical (unpaired) electrons. The maximum absolute atomic E-state index is 12.4. The molecule has 0 aliphatic rings. The number of hydrogen-bond donors (Lipinski definition) is 2. The van der Waals surface area contributed by atoms with Gasteiger partial charge in [0, 0.05) is 6.54 Å². The van der Waals surface area contributed by atoms with Crippen molar-refractivity contribution in [2.24, 2.45) is 0 Å². The molecular weight excluding hydrogens is 386 g/mol. The van der Waals surface area contributed by atoms with E-state index in [-0.39, 0.29) is 17.2 Å². The van der Waals surface area contributed by atoms with E-state index in [2.05, 4.69) is 20.4 Å². The van der Waals surface area contributed by atoms with Crippen LogP contribution in [0.15, 0.2) is 70.7 Å². The zero-order valence-electron chi connectivity index (χ0n) is 15.8. The van der Waals surface area contributed by atoms with Crippen LogP contribution in [0.4, 0.5) is 0 Å². The molecule has 2 aromatic carbocycles. The van der Waals surface area contributed by atoms with E-state index in [0.717, 1.165) is 11.3 Å². The van der Waals surface area contributed by atoms with Gasteiger partial charge in [-0.25, -0.2) is 9.67 Å². The summed E-state index contributed by atoms with van der Waals surface area (Å²) in [6.07, 6.45) is 1.50. The first kappa shape index (κ1) is 18.9. The molecule has 1 amide bonds. The predicted octanol–water partition coefficient (Wildman–Crippen LogP) is 2.83. The minimum atomic E-state index is -0.278. The van der Waals surface area contributed by atoms with Gasteiger partial charge in [0.1, 0.15) is 5.39 Å². The van der Waals surface area contributed by atoms with E-state index < -0.39 is 0 Å². The van der Waals surface area contributed by atoms with Gasteiger partial charge in [0.05, 0.1) is 17.6 Å². The first-order chi connectivity index (χ1) is 14.1. The summed E-state index contributed by atoms with van der Waals surface area (Å²) in [6.45, 7) is 2.48. The van der Waals surface area contributed by atoms with Crippen LogP contribution < -0.4 is 10.9 Å². The summed E-state index contributed by atoms with van der Waals surface area (Å²) in [5, 5.41) is 7.94. The number of amides is 1. The highest BCUT2D eigenvalue weighted by molar-refractivity contribution is 7.99. The van der Waals surface area contributed by atoms with Crippen LogP contribution in [0.3, 0.4) is 0 Å². The van der Waals surface area contributed by atoms with Gasteiger partial charge in [-0.15, -0.1) is 0 Å². The number of hydrogen-bond acceptors (Lipinski definition) is 5. The number of carbonyl (C=O) groups excluding carboxylic acids is 1. The van der Waals surface area contributed by atoms with Crippen LogP contribution >= 0.6 is 11.8 Å². The molecule has 0 aliphatic carbocycles. The number of benzene rings is 2. The molecule has 0 bridgehead atoms. The standard InChI is InChI=1S/C21H19N5O2S/c1-14-7-9-15(10-8-14)11-22-18(27)13-29-21-24-19-17(20(28)25-21)12-23-26(19)16-5-3-2-4-6-16/h2-10,12H,11,13H2,1H3,(H,22,27)(H,24,25,28). The number of thioether (sulfide) groups is 1. The number of para-hydroxylation sites is 1. The van der Waals surface area contributed by atoms with Crippen molar-refractivity contribution in [3.63, 3.8) is 0 Å². The second-order valence-electron chi connectivity index (χ2n) is 6.55. The number of rotatable bonds is 6. The zero-order chi connectivity index (χ0) is 20.2. The second-order valence-corrected chi connectivity index (χ2v) is 7.52. The fourth-order valence-electron chi connectivity index (χ4n) is 2.82. The summed E-state index contributed by atoms with van der Waals surface area (Å²) in [7, 11) is 0. The van der Waals surface area contributed by atoms with E-state index in [1.807, 2.05) is 61.5 Å². The van der Waals surface area contributed by atoms with E-state index >= 15 is 0 Å². The Morgan fingerprint density at radius 1 is 1.14 bits per heavy atom. The predicted molar refractivity (Wildman–Crippen MR) is 113 cm³/mol. The summed E-state index contributed by atoms with van der Waals surface area (Å²) in [5.41, 5.74) is 3.21. The molecule has 0 spiro atoms. The lowest BCUT2D eigenvalue weighted by atomic mass is 10.1. The van der Waals surface area contributed by atoms with E-state index in [1.54, 1.807) is 4.68 Å². The van der Waals surface area contributed by atoms with Crippen molar-refractivity contribution in [2.75, 3.05) is 5.75 Å². The van der Waals surface area contributed by atoms with Crippen molar-refractivity contribution in [3.05, 3.63) is 82.3 Å². The fraction of sp³-hybridized carbons (Fsp3) is 0.143. The van der Waals surface area contributed by atoms with Gasteiger partial charge < -0.3 is 10.3 Å². The van der Waals surface area contributed by atoms with Crippen molar-refractivity contribution in [1.29, 1.82) is 0 Å². The van der Waals surface area contributed by atoms with Gasteiger partial charge in [-0.1, -0.05) is 59.8 Å². The topological polar surface area (TPSA) is 92.7 Å². The number of nitrogens with zero attached hydrogens (tertiary/aromatic N) is 3. The Morgan fingerprint density at radius 3 is 2.66 bits per heavy atom. The number of fused-ring (bicyclic) bond motifs is 1. The molecule has 29 heavy (non-hydrogen) atoms. The van der Waals surface area contributed by atoms with Crippen molar-refractivity contribution < 1.29 is 4.79 Å². The quantitative estimate of drug-likeness (QED) is 0.380. The van der Waals surface area contributed by atoms with Crippen LogP contribution in [0.2, 0.25) is 0 Å². The number of nitrogens with one attached hydrogen (secondary N) is 2. The summed E-state index contributed by atoms with van der Waals surface area (Å²) in [4.78, 5) is 31.8. The minimum absolute atomic E-state index is 0.130. The van der Waals surface area contributed by atoms with Gasteiger partial charge in [0.25, 0.3) is 5.56 Å². The molecule has 7 nitrogen and oxygen atoms in total. The first-order valence-electron chi connectivity index (χ1n) is 9.09. The molecule has 8 heteroatoms. The Labute approximate surface area is 171 Å². The normalized spacial score (nSPS) is 10.9. The van der Waals surface area contributed by atoms with E-state index in [0.29, 0.717) is 22.7 Å². The first-order valence-corrected chi connectivity index (χ1v) is 10.1. The Bertz CT molecular complexity index is 1200. The van der Waals surface area contributed by atoms with Crippen molar-refractivity contribution in [3.8, 4) is 5.69 Å². The lowest BCUT2D eigenvalue weighted by molar-refractivity contribution is -0.118. The van der Waals surface area contributed by atoms with Gasteiger partial charge in [-0.05, 0) is 24.6 Å². The molecule has 146 valence electrons. The minimum Gasteiger partial charge on any atom is -0.351 e. The summed E-state index contributed by atoms with van der Waals surface area (Å²) < 4.78 is 1.62. The number of aromatic amines is 1. The highest BCUT2D eigenvalue weighted by Crippen LogP contribution is 2.17. The number of H-pyrrole nitrogens is 1. The molecule has 2 N–H and O–H groups in total. The molecule has 4 rings (SSSR count). The SMILES string of the molecule is Cc1ccc(CNC(=O)CSc2nc3c(cnn3-c3ccccc3)c(=O)[nH]2)cc1. The summed E-state index contributed by atoms with van der Waals surface area (Å²) >= 11 is 1.18. The van der Waals surface area contributed by atoms with Crippen LogP contribution in [0.1, 0.15) is 11.1 Å². The Morgan fingerprint density at radius 2 is 1.90 bits per heavy atom. The van der Waals surface area contributed by atoms with Gasteiger partial charge in [0.15, 0.2) is 10.8 Å². The molecule has 2 heterocycles. The summed E-state index contributed by atoms with van der Waals surface area (Å²) in [6, 6.07) is 17.5. The Hall–Kier alpha value is -3.39. The lowest BCUT2D eigenvalue weighted by Gasteiger charge is -2.06. The summed E-state index contributed by atoms with van der Waals surface area (Å²) in [5.74, 6) is 0.0228. The monoisotopic (exact) mass is 405 g/mol. The van der Waals surface area contributed by atoms with E-state index in [4.69, 9.17) is 0 Å². The molecule has 0 aliphatic heterocycles. The maximum atomic E-state index is 12.4.